The summed E-state index contributed by atoms with van der Waals surface area (Å²) in [4.78, 5) is 0.0164. The molecule has 5 rings (SSSR count). The molecule has 2 aliphatic rings. The summed E-state index contributed by atoms with van der Waals surface area (Å²) in [7, 11) is -4.09. The normalized spacial score (nSPS) is 18.6. The number of fused-ring (bicyclic) bond motifs is 2. The average molecular weight is 534 g/mol. The zero-order chi connectivity index (χ0) is 24.0. The number of anilines is 1. The summed E-state index contributed by atoms with van der Waals surface area (Å²) < 4.78 is 36.5. The van der Waals surface area contributed by atoms with Gasteiger partial charge in [0.25, 0.3) is 10.0 Å². The van der Waals surface area contributed by atoms with Crippen LogP contribution < -0.4 is 10.0 Å². The molecule has 34 heavy (non-hydrogen) atoms. The van der Waals surface area contributed by atoms with Gasteiger partial charge < -0.3 is 10.5 Å². The van der Waals surface area contributed by atoms with Gasteiger partial charge in [0, 0.05) is 10.0 Å². The molecule has 0 aromatic heterocycles. The quantitative estimate of drug-likeness (QED) is 0.493. The molecule has 0 amide bonds. The Hall–Kier alpha value is -3.54. The number of nitriles is 1. The van der Waals surface area contributed by atoms with E-state index in [1.54, 1.807) is 30.3 Å². The van der Waals surface area contributed by atoms with Crippen LogP contribution >= 0.6 is 15.9 Å². The highest BCUT2D eigenvalue weighted by Gasteiger charge is 2.47. The van der Waals surface area contributed by atoms with E-state index in [2.05, 4.69) is 22.0 Å². The number of hydrogen-bond acceptors (Lipinski definition) is 5. The zero-order valence-corrected chi connectivity index (χ0v) is 20.6. The molecule has 0 spiro atoms. The van der Waals surface area contributed by atoms with Gasteiger partial charge in [0.15, 0.2) is 5.76 Å². The van der Waals surface area contributed by atoms with Gasteiger partial charge in [0.05, 0.1) is 18.2 Å². The third-order valence-electron chi connectivity index (χ3n) is 5.95. The van der Waals surface area contributed by atoms with E-state index in [-0.39, 0.29) is 28.7 Å². The number of ether oxygens (including phenoxy) is 1. The molecule has 0 radical (unpaired) electrons. The van der Waals surface area contributed by atoms with Gasteiger partial charge in [0.1, 0.15) is 16.5 Å². The van der Waals surface area contributed by atoms with Crippen LogP contribution in [0.5, 0.6) is 0 Å². The Balaban J connectivity index is 1.77. The van der Waals surface area contributed by atoms with Crippen molar-refractivity contribution in [3.63, 3.8) is 0 Å². The zero-order valence-electron chi connectivity index (χ0n) is 18.2. The van der Waals surface area contributed by atoms with Crippen LogP contribution in [-0.4, -0.2) is 8.42 Å². The van der Waals surface area contributed by atoms with Crippen LogP contribution in [0.1, 0.15) is 28.2 Å². The maximum absolute atomic E-state index is 14.2. The van der Waals surface area contributed by atoms with E-state index in [1.807, 2.05) is 49.4 Å². The number of allylic oxidation sites excluding steroid dienone is 2. The van der Waals surface area contributed by atoms with E-state index >= 15 is 0 Å². The van der Waals surface area contributed by atoms with E-state index in [1.165, 1.54) is 4.31 Å². The predicted molar refractivity (Wildman–Crippen MR) is 134 cm³/mol. The number of rotatable bonds is 3. The van der Waals surface area contributed by atoms with Gasteiger partial charge in [0.2, 0.25) is 5.88 Å². The number of halogens is 1. The van der Waals surface area contributed by atoms with Gasteiger partial charge in [-0.15, -0.1) is 0 Å². The molecule has 8 heteroatoms. The summed E-state index contributed by atoms with van der Waals surface area (Å²) in [6, 6.07) is 24.2. The average Bonchev–Trinajstić information content (AvgIpc) is 2.81. The van der Waals surface area contributed by atoms with E-state index < -0.39 is 15.9 Å². The smallest absolute Gasteiger partial charge is 0.265 e. The van der Waals surface area contributed by atoms with Crippen LogP contribution in [0.3, 0.4) is 0 Å². The lowest BCUT2D eigenvalue weighted by Crippen LogP contribution is -2.39. The fourth-order valence-electron chi connectivity index (χ4n) is 4.48. The van der Waals surface area contributed by atoms with Crippen molar-refractivity contribution in [2.75, 3.05) is 4.31 Å². The second-order valence-corrected chi connectivity index (χ2v) is 10.9. The standard InChI is InChI=1S/C26H20BrN3O3S/c1-16-6-4-7-17(12-16)15-30-22-11-3-2-10-20(22)24-25(34(30,31)32)23(21(14-28)26(29)33-24)18-8-5-9-19(27)13-18/h2-13,23H,15,29H2,1H3. The van der Waals surface area contributed by atoms with Crippen molar-refractivity contribution >= 4 is 37.4 Å². The molecule has 0 aliphatic carbocycles. The maximum Gasteiger partial charge on any atom is 0.265 e. The second kappa shape index (κ2) is 8.35. The highest BCUT2D eigenvalue weighted by atomic mass is 79.9. The molecule has 170 valence electrons. The molecule has 6 nitrogen and oxygen atoms in total. The summed E-state index contributed by atoms with van der Waals surface area (Å²) in [5.41, 5.74) is 9.86. The molecule has 2 N–H and O–H groups in total. The van der Waals surface area contributed by atoms with Crippen molar-refractivity contribution < 1.29 is 13.2 Å². The topological polar surface area (TPSA) is 96.4 Å². The highest BCUT2D eigenvalue weighted by molar-refractivity contribution is 9.10. The van der Waals surface area contributed by atoms with Crippen LogP contribution in [0, 0.1) is 18.3 Å². The van der Waals surface area contributed by atoms with Gasteiger partial charge in [-0.2, -0.15) is 5.26 Å². The molecule has 2 aliphatic heterocycles. The molecule has 0 bridgehead atoms. The van der Waals surface area contributed by atoms with Crippen molar-refractivity contribution in [3.05, 3.63) is 116 Å². The summed E-state index contributed by atoms with van der Waals surface area (Å²) in [6.45, 7) is 2.11. The fraction of sp³-hybridized carbons (Fsp3) is 0.115. The monoisotopic (exact) mass is 533 g/mol. The summed E-state index contributed by atoms with van der Waals surface area (Å²) in [6.07, 6.45) is 0. The summed E-state index contributed by atoms with van der Waals surface area (Å²) in [5, 5.41) is 9.94. The number of sulfonamides is 1. The molecule has 1 unspecified atom stereocenters. The number of nitrogens with zero attached hydrogens (tertiary/aromatic N) is 2. The minimum atomic E-state index is -4.09. The Labute approximate surface area is 206 Å². The molecule has 1 atom stereocenters. The number of hydrogen-bond donors (Lipinski definition) is 1. The van der Waals surface area contributed by atoms with Crippen LogP contribution in [0.2, 0.25) is 0 Å². The van der Waals surface area contributed by atoms with Crippen LogP contribution in [0.25, 0.3) is 5.76 Å². The lowest BCUT2D eigenvalue weighted by atomic mass is 9.88. The minimum absolute atomic E-state index is 0.0164. The maximum atomic E-state index is 14.2. The molecule has 0 saturated heterocycles. The van der Waals surface area contributed by atoms with Gasteiger partial charge >= 0.3 is 0 Å². The summed E-state index contributed by atoms with van der Waals surface area (Å²) >= 11 is 3.45. The molecular weight excluding hydrogens is 514 g/mol. The Morgan fingerprint density at radius 3 is 2.59 bits per heavy atom. The highest BCUT2D eigenvalue weighted by Crippen LogP contribution is 2.51. The van der Waals surface area contributed by atoms with Crippen LogP contribution in [-0.2, 0) is 21.3 Å². The Kier molecular flexibility index (Phi) is 5.47. The van der Waals surface area contributed by atoms with Crippen molar-refractivity contribution in [2.24, 2.45) is 5.73 Å². The lowest BCUT2D eigenvalue weighted by Gasteiger charge is -2.38. The van der Waals surface area contributed by atoms with Gasteiger partial charge in [-0.25, -0.2) is 8.42 Å². The minimum Gasteiger partial charge on any atom is -0.439 e. The van der Waals surface area contributed by atoms with Crippen molar-refractivity contribution in [1.82, 2.24) is 0 Å². The summed E-state index contributed by atoms with van der Waals surface area (Å²) in [5.74, 6) is -0.828. The van der Waals surface area contributed by atoms with Crippen molar-refractivity contribution in [1.29, 1.82) is 5.26 Å². The first-order valence-corrected chi connectivity index (χ1v) is 12.8. The first-order valence-electron chi connectivity index (χ1n) is 10.6. The largest absolute Gasteiger partial charge is 0.439 e. The molecular formula is C26H20BrN3O3S. The Morgan fingerprint density at radius 2 is 1.85 bits per heavy atom. The van der Waals surface area contributed by atoms with E-state index in [0.717, 1.165) is 15.6 Å². The number of nitrogens with two attached hydrogens (primary N) is 1. The molecule has 0 saturated carbocycles. The molecule has 2 heterocycles. The second-order valence-electron chi connectivity index (χ2n) is 8.19. The SMILES string of the molecule is Cc1cccc(CN2c3ccccc3C3=C(C(c4cccc(Br)c4)C(C#N)=C(N)O3)S2(=O)=O)c1. The molecule has 3 aromatic carbocycles. The third-order valence-corrected chi connectivity index (χ3v) is 8.32. The van der Waals surface area contributed by atoms with E-state index in [0.29, 0.717) is 16.8 Å². The van der Waals surface area contributed by atoms with Gasteiger partial charge in [-0.3, -0.25) is 4.31 Å². The van der Waals surface area contributed by atoms with Crippen LogP contribution in [0.4, 0.5) is 5.69 Å². The van der Waals surface area contributed by atoms with Gasteiger partial charge in [-0.05, 0) is 42.3 Å². The lowest BCUT2D eigenvalue weighted by molar-refractivity contribution is 0.357. The van der Waals surface area contributed by atoms with Crippen molar-refractivity contribution in [3.8, 4) is 6.07 Å². The fourth-order valence-corrected chi connectivity index (χ4v) is 6.80. The Morgan fingerprint density at radius 1 is 1.09 bits per heavy atom. The van der Waals surface area contributed by atoms with Gasteiger partial charge in [-0.1, -0.05) is 70.0 Å². The third kappa shape index (κ3) is 3.58. The first kappa shape index (κ1) is 22.3. The molecule has 0 fully saturated rings. The molecule has 3 aromatic rings. The number of benzene rings is 3. The van der Waals surface area contributed by atoms with E-state index in [4.69, 9.17) is 10.5 Å². The number of aryl methyl sites for hydroxylation is 1. The van der Waals surface area contributed by atoms with E-state index in [9.17, 15) is 13.7 Å². The number of para-hydroxylation sites is 1. The predicted octanol–water partition coefficient (Wildman–Crippen LogP) is 5.28. The first-order chi connectivity index (χ1) is 16.3. The Bertz CT molecular complexity index is 1540. The van der Waals surface area contributed by atoms with Crippen molar-refractivity contribution in [2.45, 2.75) is 19.4 Å². The van der Waals surface area contributed by atoms with Crippen LogP contribution in [0.15, 0.2) is 93.6 Å².